The van der Waals surface area contributed by atoms with E-state index in [-0.39, 0.29) is 0 Å². The molecule has 1 aliphatic carbocycles. The maximum Gasteiger partial charge on any atom is 0.0672 e. The van der Waals surface area contributed by atoms with Gasteiger partial charge in [0.05, 0.1) is 17.6 Å². The highest BCUT2D eigenvalue weighted by Crippen LogP contribution is 2.30. The zero-order valence-corrected chi connectivity index (χ0v) is 15.8. The Morgan fingerprint density at radius 3 is 2.93 bits per heavy atom. The van der Waals surface area contributed by atoms with Gasteiger partial charge in [-0.25, -0.2) is 0 Å². The summed E-state index contributed by atoms with van der Waals surface area (Å²) in [5.74, 6) is 0.843. The minimum atomic E-state index is 0.843. The first kappa shape index (κ1) is 16.8. The van der Waals surface area contributed by atoms with E-state index in [0.717, 1.165) is 44.1 Å². The molecule has 0 amide bonds. The molecule has 3 aromatic rings. The summed E-state index contributed by atoms with van der Waals surface area (Å²) in [6.45, 7) is 3.04. The Morgan fingerprint density at radius 1 is 1.15 bits per heavy atom. The van der Waals surface area contributed by atoms with Gasteiger partial charge in [0.25, 0.3) is 0 Å². The highest BCUT2D eigenvalue weighted by molar-refractivity contribution is 5.32. The Morgan fingerprint density at radius 2 is 2.07 bits per heavy atom. The lowest BCUT2D eigenvalue weighted by molar-refractivity contribution is 0.239. The largest absolute Gasteiger partial charge is 0.318 e. The molecule has 140 valence electrons. The molecule has 0 aromatic carbocycles. The van der Waals surface area contributed by atoms with Crippen LogP contribution in [-0.4, -0.2) is 31.2 Å². The molecule has 1 saturated carbocycles. The molecule has 2 aliphatic rings. The van der Waals surface area contributed by atoms with Crippen LogP contribution >= 0.6 is 0 Å². The van der Waals surface area contributed by atoms with Gasteiger partial charge < -0.3 is 4.57 Å². The summed E-state index contributed by atoms with van der Waals surface area (Å²) < 4.78 is 2.25. The number of aromatic amines is 1. The van der Waals surface area contributed by atoms with Gasteiger partial charge in [-0.3, -0.25) is 15.0 Å². The van der Waals surface area contributed by atoms with Gasteiger partial charge in [-0.2, -0.15) is 5.10 Å². The number of hydrogen-bond acceptors (Lipinski definition) is 3. The van der Waals surface area contributed by atoms with Gasteiger partial charge in [0, 0.05) is 55.4 Å². The summed E-state index contributed by atoms with van der Waals surface area (Å²) in [6, 6.07) is 8.45. The lowest BCUT2D eigenvalue weighted by Gasteiger charge is -2.27. The van der Waals surface area contributed by atoms with Crippen molar-refractivity contribution in [3.8, 4) is 5.69 Å². The average Bonchev–Trinajstić information content (AvgIpc) is 3.45. The van der Waals surface area contributed by atoms with Crippen LogP contribution in [0.1, 0.15) is 48.3 Å². The second-order valence-electron chi connectivity index (χ2n) is 8.02. The molecule has 0 saturated heterocycles. The molecular formula is C22H27N5. The zero-order valence-electron chi connectivity index (χ0n) is 15.8. The maximum absolute atomic E-state index is 4.69. The molecule has 0 unspecified atom stereocenters. The smallest absolute Gasteiger partial charge is 0.0672 e. The molecule has 0 atom stereocenters. The van der Waals surface area contributed by atoms with Crippen molar-refractivity contribution in [2.75, 3.05) is 6.54 Å². The molecule has 0 bridgehead atoms. The van der Waals surface area contributed by atoms with E-state index in [1.807, 2.05) is 18.5 Å². The fraction of sp³-hybridized carbons (Fsp3) is 0.455. The Balaban J connectivity index is 1.32. The summed E-state index contributed by atoms with van der Waals surface area (Å²) >= 11 is 0. The second kappa shape index (κ2) is 7.31. The maximum atomic E-state index is 4.69. The first-order chi connectivity index (χ1) is 13.4. The van der Waals surface area contributed by atoms with E-state index in [1.165, 1.54) is 48.3 Å². The summed E-state index contributed by atoms with van der Waals surface area (Å²) in [7, 11) is 0. The van der Waals surface area contributed by atoms with Crippen molar-refractivity contribution in [3.63, 3.8) is 0 Å². The molecule has 5 nitrogen and oxygen atoms in total. The molecule has 3 aromatic heterocycles. The summed E-state index contributed by atoms with van der Waals surface area (Å²) in [5.41, 5.74) is 6.59. The van der Waals surface area contributed by atoms with Gasteiger partial charge in [0.1, 0.15) is 0 Å². The van der Waals surface area contributed by atoms with Gasteiger partial charge >= 0.3 is 0 Å². The molecule has 1 aliphatic heterocycles. The van der Waals surface area contributed by atoms with Crippen LogP contribution in [0.5, 0.6) is 0 Å². The van der Waals surface area contributed by atoms with Gasteiger partial charge in [-0.05, 0) is 36.6 Å². The minimum absolute atomic E-state index is 0.843. The molecule has 0 radical (unpaired) electrons. The number of aromatic nitrogens is 4. The fourth-order valence-electron chi connectivity index (χ4n) is 4.72. The van der Waals surface area contributed by atoms with Crippen molar-refractivity contribution in [1.82, 2.24) is 24.6 Å². The Kier molecular flexibility index (Phi) is 4.54. The summed E-state index contributed by atoms with van der Waals surface area (Å²) in [6.07, 6.45) is 13.7. The van der Waals surface area contributed by atoms with E-state index in [1.54, 1.807) is 0 Å². The first-order valence-corrected chi connectivity index (χ1v) is 10.2. The lowest BCUT2D eigenvalue weighted by Crippen LogP contribution is -2.31. The van der Waals surface area contributed by atoms with Gasteiger partial charge in [-0.1, -0.05) is 25.7 Å². The third-order valence-corrected chi connectivity index (χ3v) is 6.20. The molecule has 5 heteroatoms. The van der Waals surface area contributed by atoms with Crippen LogP contribution in [0.3, 0.4) is 0 Å². The van der Waals surface area contributed by atoms with Crippen LogP contribution in [0.25, 0.3) is 5.69 Å². The van der Waals surface area contributed by atoms with Gasteiger partial charge in [0.15, 0.2) is 0 Å². The van der Waals surface area contributed by atoms with E-state index in [0.29, 0.717) is 0 Å². The van der Waals surface area contributed by atoms with E-state index < -0.39 is 0 Å². The second-order valence-corrected chi connectivity index (χ2v) is 8.02. The molecule has 0 spiro atoms. The highest BCUT2D eigenvalue weighted by Gasteiger charge is 2.25. The Labute approximate surface area is 160 Å². The number of hydrogen-bond donors (Lipinski definition) is 1. The van der Waals surface area contributed by atoms with Crippen LogP contribution in [-0.2, 0) is 25.9 Å². The molecule has 1 N–H and O–H groups in total. The van der Waals surface area contributed by atoms with Crippen LogP contribution in [0.4, 0.5) is 0 Å². The fourth-order valence-corrected chi connectivity index (χ4v) is 4.72. The molecular weight excluding hydrogens is 334 g/mol. The van der Waals surface area contributed by atoms with Crippen LogP contribution < -0.4 is 0 Å². The van der Waals surface area contributed by atoms with Crippen LogP contribution in [0.15, 0.2) is 42.9 Å². The minimum Gasteiger partial charge on any atom is -0.318 e. The van der Waals surface area contributed by atoms with Gasteiger partial charge in [0.2, 0.25) is 0 Å². The topological polar surface area (TPSA) is 49.7 Å². The van der Waals surface area contributed by atoms with E-state index >= 15 is 0 Å². The van der Waals surface area contributed by atoms with E-state index in [2.05, 4.69) is 43.9 Å². The first-order valence-electron chi connectivity index (χ1n) is 10.2. The monoisotopic (exact) mass is 361 g/mol. The molecule has 5 rings (SSSR count). The third kappa shape index (κ3) is 3.44. The van der Waals surface area contributed by atoms with Crippen molar-refractivity contribution in [1.29, 1.82) is 0 Å². The standard InChI is InChI=1S/C22H27N5/c1-2-6-17(5-1)13-22-20-16-26(12-9-21(20)24-25-22)15-19-8-4-11-27(19)18-7-3-10-23-14-18/h3-4,7-8,10-11,14,17H,1-2,5-6,9,12-13,15-16H2,(H,24,25). The van der Waals surface area contributed by atoms with E-state index in [9.17, 15) is 0 Å². The van der Waals surface area contributed by atoms with Gasteiger partial charge in [-0.15, -0.1) is 0 Å². The number of pyridine rings is 1. The number of nitrogens with one attached hydrogen (secondary N) is 1. The third-order valence-electron chi connectivity index (χ3n) is 6.20. The number of nitrogens with zero attached hydrogens (tertiary/aromatic N) is 4. The Hall–Kier alpha value is -2.40. The van der Waals surface area contributed by atoms with Crippen molar-refractivity contribution >= 4 is 0 Å². The SMILES string of the molecule is c1cncc(-n2cccc2CN2CCc3[nH]nc(CC4CCCC4)c3C2)c1. The van der Waals surface area contributed by atoms with Crippen LogP contribution in [0.2, 0.25) is 0 Å². The Bertz CT molecular complexity index is 889. The number of H-pyrrole nitrogens is 1. The predicted molar refractivity (Wildman–Crippen MR) is 106 cm³/mol. The molecule has 1 fully saturated rings. The lowest BCUT2D eigenvalue weighted by atomic mass is 9.96. The number of rotatable bonds is 5. The van der Waals surface area contributed by atoms with Crippen molar-refractivity contribution in [3.05, 3.63) is 65.5 Å². The molecule has 27 heavy (non-hydrogen) atoms. The average molecular weight is 361 g/mol. The normalized spacial score (nSPS) is 18.1. The summed E-state index contributed by atoms with van der Waals surface area (Å²) in [5, 5.41) is 8.02. The summed E-state index contributed by atoms with van der Waals surface area (Å²) in [4.78, 5) is 6.82. The number of fused-ring (bicyclic) bond motifs is 1. The highest BCUT2D eigenvalue weighted by atomic mass is 15.2. The van der Waals surface area contributed by atoms with Crippen molar-refractivity contribution in [2.24, 2.45) is 5.92 Å². The van der Waals surface area contributed by atoms with Crippen molar-refractivity contribution in [2.45, 2.75) is 51.6 Å². The molecule has 4 heterocycles. The van der Waals surface area contributed by atoms with E-state index in [4.69, 9.17) is 5.10 Å². The van der Waals surface area contributed by atoms with Crippen molar-refractivity contribution < 1.29 is 0 Å². The van der Waals surface area contributed by atoms with Crippen LogP contribution in [0, 0.1) is 5.92 Å². The quantitative estimate of drug-likeness (QED) is 0.750. The predicted octanol–water partition coefficient (Wildman–Crippen LogP) is 3.89. The zero-order chi connectivity index (χ0) is 18.1.